The first kappa shape index (κ1) is 23.1. The van der Waals surface area contributed by atoms with Gasteiger partial charge in [-0.25, -0.2) is 4.99 Å². The second-order valence-electron chi connectivity index (χ2n) is 6.97. The van der Waals surface area contributed by atoms with E-state index >= 15 is 0 Å². The normalized spacial score (nSPS) is 12.0. The van der Waals surface area contributed by atoms with Crippen LogP contribution in [0.15, 0.2) is 23.2 Å². The molecule has 1 aromatic rings. The van der Waals surface area contributed by atoms with Crippen LogP contribution in [-0.4, -0.2) is 56.3 Å². The molecule has 0 amide bonds. The molecule has 0 aliphatic heterocycles. The third-order valence-electron chi connectivity index (χ3n) is 4.28. The monoisotopic (exact) mass is 378 g/mol. The van der Waals surface area contributed by atoms with E-state index in [2.05, 4.69) is 50.2 Å². The summed E-state index contributed by atoms with van der Waals surface area (Å²) in [4.78, 5) is 7.17. The van der Waals surface area contributed by atoms with Gasteiger partial charge in [-0.15, -0.1) is 0 Å². The lowest BCUT2D eigenvalue weighted by atomic mass is 10.2. The summed E-state index contributed by atoms with van der Waals surface area (Å²) in [5.74, 6) is 2.34. The molecule has 6 heteroatoms. The molecule has 0 atom stereocenters. The topological polar surface area (TPSA) is 58.1 Å². The van der Waals surface area contributed by atoms with E-state index in [4.69, 9.17) is 14.5 Å². The molecule has 0 aromatic heterocycles. The van der Waals surface area contributed by atoms with E-state index in [1.165, 1.54) is 0 Å². The van der Waals surface area contributed by atoms with Gasteiger partial charge in [0.15, 0.2) is 17.5 Å². The molecular formula is C21H38N4O2. The van der Waals surface area contributed by atoms with Crippen molar-refractivity contribution in [2.45, 2.75) is 60.2 Å². The fourth-order valence-corrected chi connectivity index (χ4v) is 3.02. The molecule has 154 valence electrons. The Bertz CT molecular complexity index is 565. The summed E-state index contributed by atoms with van der Waals surface area (Å²) in [7, 11) is 1.65. The summed E-state index contributed by atoms with van der Waals surface area (Å²) in [5, 5.41) is 6.75. The van der Waals surface area contributed by atoms with Crippen LogP contribution in [0.2, 0.25) is 0 Å². The highest BCUT2D eigenvalue weighted by molar-refractivity contribution is 5.79. The lowest BCUT2D eigenvalue weighted by molar-refractivity contribution is 0.178. The zero-order valence-corrected chi connectivity index (χ0v) is 18.1. The number of methoxy groups -OCH3 is 1. The van der Waals surface area contributed by atoms with Crippen LogP contribution < -0.4 is 20.1 Å². The summed E-state index contributed by atoms with van der Waals surface area (Å²) in [6, 6.07) is 7.01. The molecule has 0 radical (unpaired) electrons. The molecule has 0 aliphatic carbocycles. The smallest absolute Gasteiger partial charge is 0.191 e. The standard InChI is InChI=1S/C21H38N4O2/c1-8-22-21(23-12-13-25(16(3)4)17(5)6)24-15-18-10-11-19(26-7)20(14-18)27-9-2/h10-11,14,16-17H,8-9,12-13,15H2,1-7H3,(H2,22,23,24). The molecule has 0 saturated carbocycles. The Hall–Kier alpha value is -1.95. The maximum atomic E-state index is 5.65. The summed E-state index contributed by atoms with van der Waals surface area (Å²) < 4.78 is 11.0. The van der Waals surface area contributed by atoms with Gasteiger partial charge in [0.1, 0.15) is 0 Å². The summed E-state index contributed by atoms with van der Waals surface area (Å²) in [6.45, 7) is 16.8. The van der Waals surface area contributed by atoms with Gasteiger partial charge in [-0.05, 0) is 59.2 Å². The van der Waals surface area contributed by atoms with Crippen molar-refractivity contribution in [2.75, 3.05) is 33.4 Å². The van der Waals surface area contributed by atoms with Crippen LogP contribution in [-0.2, 0) is 6.54 Å². The Morgan fingerprint density at radius 2 is 1.78 bits per heavy atom. The maximum Gasteiger partial charge on any atom is 0.191 e. The molecule has 0 aliphatic rings. The molecule has 0 spiro atoms. The van der Waals surface area contributed by atoms with Gasteiger partial charge in [-0.2, -0.15) is 0 Å². The van der Waals surface area contributed by atoms with Gasteiger partial charge in [0.05, 0.1) is 20.3 Å². The number of hydrogen-bond donors (Lipinski definition) is 2. The van der Waals surface area contributed by atoms with Gasteiger partial charge in [0.2, 0.25) is 0 Å². The second kappa shape index (κ2) is 12.4. The fraction of sp³-hybridized carbons (Fsp3) is 0.667. The number of hydrogen-bond acceptors (Lipinski definition) is 4. The SMILES string of the molecule is CCNC(=NCc1ccc(OC)c(OCC)c1)NCCN(C(C)C)C(C)C. The number of rotatable bonds is 11. The Balaban J connectivity index is 2.71. The average molecular weight is 379 g/mol. The van der Waals surface area contributed by atoms with Gasteiger partial charge in [0, 0.05) is 31.7 Å². The van der Waals surface area contributed by atoms with Crippen molar-refractivity contribution in [1.82, 2.24) is 15.5 Å². The van der Waals surface area contributed by atoms with Crippen LogP contribution in [0.25, 0.3) is 0 Å². The maximum absolute atomic E-state index is 5.65. The van der Waals surface area contributed by atoms with Crippen LogP contribution >= 0.6 is 0 Å². The van der Waals surface area contributed by atoms with Crippen molar-refractivity contribution in [3.05, 3.63) is 23.8 Å². The van der Waals surface area contributed by atoms with Gasteiger partial charge >= 0.3 is 0 Å². The molecule has 0 bridgehead atoms. The highest BCUT2D eigenvalue weighted by atomic mass is 16.5. The molecule has 1 aromatic carbocycles. The highest BCUT2D eigenvalue weighted by Gasteiger charge is 2.12. The first-order valence-electron chi connectivity index (χ1n) is 10.00. The third kappa shape index (κ3) is 8.08. The average Bonchev–Trinajstić information content (AvgIpc) is 2.62. The number of guanidine groups is 1. The molecule has 27 heavy (non-hydrogen) atoms. The Labute approximate surface area is 165 Å². The summed E-state index contributed by atoms with van der Waals surface area (Å²) in [5.41, 5.74) is 1.09. The number of benzene rings is 1. The molecule has 0 saturated heterocycles. The van der Waals surface area contributed by atoms with Crippen molar-refractivity contribution in [1.29, 1.82) is 0 Å². The van der Waals surface area contributed by atoms with Crippen molar-refractivity contribution in [3.63, 3.8) is 0 Å². The molecular weight excluding hydrogens is 340 g/mol. The van der Waals surface area contributed by atoms with Crippen molar-refractivity contribution in [3.8, 4) is 11.5 Å². The van der Waals surface area contributed by atoms with Gasteiger partial charge in [-0.1, -0.05) is 6.07 Å². The van der Waals surface area contributed by atoms with E-state index in [0.29, 0.717) is 25.2 Å². The Morgan fingerprint density at radius 1 is 1.07 bits per heavy atom. The molecule has 0 unspecified atom stereocenters. The minimum Gasteiger partial charge on any atom is -0.493 e. The minimum absolute atomic E-state index is 0.530. The van der Waals surface area contributed by atoms with Gasteiger partial charge in [-0.3, -0.25) is 4.90 Å². The number of aliphatic imine (C=N–C) groups is 1. The van der Waals surface area contributed by atoms with Gasteiger partial charge < -0.3 is 20.1 Å². The Kier molecular flexibility index (Phi) is 10.6. The van der Waals surface area contributed by atoms with E-state index in [1.54, 1.807) is 7.11 Å². The van der Waals surface area contributed by atoms with E-state index in [0.717, 1.165) is 42.7 Å². The predicted octanol–water partition coefficient (Wildman–Crippen LogP) is 3.27. The quantitative estimate of drug-likeness (QED) is 0.457. The Morgan fingerprint density at radius 3 is 2.33 bits per heavy atom. The molecule has 2 N–H and O–H groups in total. The summed E-state index contributed by atoms with van der Waals surface area (Å²) >= 11 is 0. The number of nitrogens with one attached hydrogen (secondary N) is 2. The van der Waals surface area contributed by atoms with Crippen molar-refractivity contribution < 1.29 is 9.47 Å². The first-order chi connectivity index (χ1) is 12.9. The van der Waals surface area contributed by atoms with E-state index in [9.17, 15) is 0 Å². The fourth-order valence-electron chi connectivity index (χ4n) is 3.02. The zero-order chi connectivity index (χ0) is 20.2. The summed E-state index contributed by atoms with van der Waals surface area (Å²) in [6.07, 6.45) is 0. The lowest BCUT2D eigenvalue weighted by Crippen LogP contribution is -2.45. The third-order valence-corrected chi connectivity index (χ3v) is 4.28. The van der Waals surface area contributed by atoms with Crippen LogP contribution in [0.3, 0.4) is 0 Å². The molecule has 6 nitrogen and oxygen atoms in total. The van der Waals surface area contributed by atoms with Crippen LogP contribution in [0.1, 0.15) is 47.1 Å². The zero-order valence-electron chi connectivity index (χ0n) is 18.1. The molecule has 0 fully saturated rings. The van der Waals surface area contributed by atoms with E-state index in [1.807, 2.05) is 25.1 Å². The highest BCUT2D eigenvalue weighted by Crippen LogP contribution is 2.28. The van der Waals surface area contributed by atoms with Crippen molar-refractivity contribution >= 4 is 5.96 Å². The van der Waals surface area contributed by atoms with E-state index in [-0.39, 0.29) is 0 Å². The number of nitrogens with zero attached hydrogens (tertiary/aromatic N) is 2. The van der Waals surface area contributed by atoms with Crippen LogP contribution in [0.5, 0.6) is 11.5 Å². The van der Waals surface area contributed by atoms with Gasteiger partial charge in [0.25, 0.3) is 0 Å². The van der Waals surface area contributed by atoms with Crippen LogP contribution in [0.4, 0.5) is 0 Å². The number of ether oxygens (including phenoxy) is 2. The lowest BCUT2D eigenvalue weighted by Gasteiger charge is -2.30. The first-order valence-corrected chi connectivity index (χ1v) is 10.00. The van der Waals surface area contributed by atoms with E-state index < -0.39 is 0 Å². The van der Waals surface area contributed by atoms with Crippen molar-refractivity contribution in [2.24, 2.45) is 4.99 Å². The van der Waals surface area contributed by atoms with Crippen LogP contribution in [0, 0.1) is 0 Å². The molecule has 0 heterocycles. The second-order valence-corrected chi connectivity index (χ2v) is 6.97. The minimum atomic E-state index is 0.530. The molecule has 1 rings (SSSR count). The largest absolute Gasteiger partial charge is 0.493 e. The predicted molar refractivity (Wildman–Crippen MR) is 114 cm³/mol.